The molecule has 1 saturated carbocycles. The molecular weight excluding hydrogens is 300 g/mol. The molecule has 3 N–H and O–H groups in total. The Morgan fingerprint density at radius 3 is 2.50 bits per heavy atom. The Morgan fingerprint density at radius 2 is 2.00 bits per heavy atom. The lowest BCUT2D eigenvalue weighted by Gasteiger charge is -2.33. The first-order chi connectivity index (χ1) is 9.18. The van der Waals surface area contributed by atoms with Crippen LogP contribution < -0.4 is 10.5 Å². The highest BCUT2D eigenvalue weighted by Crippen LogP contribution is 2.28. The molecule has 1 fully saturated rings. The quantitative estimate of drug-likeness (QED) is 0.891. The average Bonchev–Trinajstić information content (AvgIpc) is 2.28. The largest absolute Gasteiger partial charge is 0.349 e. The van der Waals surface area contributed by atoms with Crippen molar-refractivity contribution < 1.29 is 13.2 Å². The van der Waals surface area contributed by atoms with Crippen LogP contribution in [0, 0.1) is 12.8 Å². The summed E-state index contributed by atoms with van der Waals surface area (Å²) in [6.45, 7) is 3.67. The third kappa shape index (κ3) is 3.13. The van der Waals surface area contributed by atoms with Gasteiger partial charge in [0.1, 0.15) is 0 Å². The summed E-state index contributed by atoms with van der Waals surface area (Å²) in [7, 11) is -3.91. The second-order valence-electron chi connectivity index (χ2n) is 5.37. The maximum atomic E-state index is 12.1. The van der Waals surface area contributed by atoms with Crippen molar-refractivity contribution in [2.75, 3.05) is 0 Å². The van der Waals surface area contributed by atoms with Crippen LogP contribution in [0.2, 0.25) is 5.02 Å². The zero-order valence-electron chi connectivity index (χ0n) is 11.3. The molecule has 0 aliphatic heterocycles. The summed E-state index contributed by atoms with van der Waals surface area (Å²) < 4.78 is 23.0. The molecule has 0 radical (unpaired) electrons. The van der Waals surface area contributed by atoms with Crippen molar-refractivity contribution in [1.82, 2.24) is 5.32 Å². The summed E-state index contributed by atoms with van der Waals surface area (Å²) in [6, 6.07) is 2.88. The van der Waals surface area contributed by atoms with Crippen LogP contribution in [0.1, 0.15) is 35.7 Å². The van der Waals surface area contributed by atoms with Gasteiger partial charge in [0.25, 0.3) is 5.91 Å². The monoisotopic (exact) mass is 316 g/mol. The third-order valence-corrected chi connectivity index (χ3v) is 5.00. The summed E-state index contributed by atoms with van der Waals surface area (Å²) >= 11 is 5.98. The van der Waals surface area contributed by atoms with Crippen molar-refractivity contribution in [1.29, 1.82) is 0 Å². The fourth-order valence-corrected chi connectivity index (χ4v) is 3.47. The number of primary sulfonamides is 1. The summed E-state index contributed by atoms with van der Waals surface area (Å²) in [5.74, 6) is 0.288. The minimum Gasteiger partial charge on any atom is -0.349 e. The van der Waals surface area contributed by atoms with E-state index in [2.05, 4.69) is 12.2 Å². The zero-order valence-corrected chi connectivity index (χ0v) is 12.9. The van der Waals surface area contributed by atoms with E-state index in [9.17, 15) is 13.2 Å². The van der Waals surface area contributed by atoms with E-state index in [-0.39, 0.29) is 27.4 Å². The van der Waals surface area contributed by atoms with Crippen molar-refractivity contribution >= 4 is 27.5 Å². The molecule has 0 spiro atoms. The van der Waals surface area contributed by atoms with Crippen LogP contribution in [0.25, 0.3) is 0 Å². The number of hydrogen-bond donors (Lipinski definition) is 2. The number of carbonyl (C=O) groups excluding carboxylic acids is 1. The van der Waals surface area contributed by atoms with E-state index in [1.807, 2.05) is 0 Å². The Hall–Kier alpha value is -1.11. The van der Waals surface area contributed by atoms with Gasteiger partial charge in [-0.15, -0.1) is 0 Å². The van der Waals surface area contributed by atoms with Crippen molar-refractivity contribution in [3.8, 4) is 0 Å². The standard InChI is InChI=1S/C13H17ClN2O3S/c1-7-3-10(4-7)16-13(17)9-5-11(14)8(2)12(6-9)20(15,18)19/h5-7,10H,3-4H2,1-2H3,(H,16,17)(H2,15,18,19). The number of sulfonamides is 1. The Morgan fingerprint density at radius 1 is 1.40 bits per heavy atom. The van der Waals surface area contributed by atoms with Crippen molar-refractivity contribution in [3.05, 3.63) is 28.3 Å². The van der Waals surface area contributed by atoms with Crippen LogP contribution in [0.4, 0.5) is 0 Å². The van der Waals surface area contributed by atoms with Crippen LogP contribution in [-0.2, 0) is 10.0 Å². The van der Waals surface area contributed by atoms with Gasteiger partial charge in [-0.1, -0.05) is 18.5 Å². The second kappa shape index (κ2) is 5.35. The van der Waals surface area contributed by atoms with E-state index in [1.165, 1.54) is 12.1 Å². The minimum absolute atomic E-state index is 0.114. The van der Waals surface area contributed by atoms with Gasteiger partial charge in [-0.25, -0.2) is 13.6 Å². The maximum absolute atomic E-state index is 12.1. The van der Waals surface area contributed by atoms with E-state index in [0.717, 1.165) is 12.8 Å². The van der Waals surface area contributed by atoms with Crippen molar-refractivity contribution in [3.63, 3.8) is 0 Å². The molecule has 7 heteroatoms. The fourth-order valence-electron chi connectivity index (χ4n) is 2.37. The molecule has 0 unspecified atom stereocenters. The van der Waals surface area contributed by atoms with E-state index < -0.39 is 10.0 Å². The van der Waals surface area contributed by atoms with E-state index in [1.54, 1.807) is 6.92 Å². The molecule has 5 nitrogen and oxygen atoms in total. The normalized spacial score (nSPS) is 22.2. The lowest BCUT2D eigenvalue weighted by Crippen LogP contribution is -2.43. The molecule has 1 amide bonds. The average molecular weight is 317 g/mol. The molecule has 2 rings (SSSR count). The smallest absolute Gasteiger partial charge is 0.251 e. The summed E-state index contributed by atoms with van der Waals surface area (Å²) in [5.41, 5.74) is 0.562. The van der Waals surface area contributed by atoms with Gasteiger partial charge in [-0.2, -0.15) is 0 Å². The first kappa shape index (κ1) is 15.3. The lowest BCUT2D eigenvalue weighted by atomic mass is 9.82. The van der Waals surface area contributed by atoms with E-state index in [0.29, 0.717) is 11.5 Å². The van der Waals surface area contributed by atoms with Gasteiger partial charge >= 0.3 is 0 Å². The Kier molecular flexibility index (Phi) is 4.09. The molecule has 0 saturated heterocycles. The Bertz CT molecular complexity index is 652. The number of nitrogens with one attached hydrogen (secondary N) is 1. The van der Waals surface area contributed by atoms with Crippen LogP contribution in [0.3, 0.4) is 0 Å². The number of benzene rings is 1. The Balaban J connectivity index is 2.28. The molecule has 0 atom stereocenters. The predicted octanol–water partition coefficient (Wildman–Crippen LogP) is 1.82. The fraction of sp³-hybridized carbons (Fsp3) is 0.462. The molecule has 110 valence electrons. The molecule has 0 bridgehead atoms. The lowest BCUT2D eigenvalue weighted by molar-refractivity contribution is 0.0896. The number of hydrogen-bond acceptors (Lipinski definition) is 3. The van der Waals surface area contributed by atoms with Gasteiger partial charge in [-0.05, 0) is 43.4 Å². The van der Waals surface area contributed by atoms with Crippen LogP contribution in [0.15, 0.2) is 17.0 Å². The molecular formula is C13H17ClN2O3S. The van der Waals surface area contributed by atoms with Crippen LogP contribution >= 0.6 is 11.6 Å². The molecule has 1 aliphatic rings. The maximum Gasteiger partial charge on any atom is 0.251 e. The van der Waals surface area contributed by atoms with Crippen molar-refractivity contribution in [2.24, 2.45) is 11.1 Å². The summed E-state index contributed by atoms with van der Waals surface area (Å²) in [6.07, 6.45) is 1.88. The van der Waals surface area contributed by atoms with E-state index in [4.69, 9.17) is 16.7 Å². The van der Waals surface area contributed by atoms with Crippen LogP contribution in [0.5, 0.6) is 0 Å². The Labute approximate surface area is 123 Å². The topological polar surface area (TPSA) is 89.3 Å². The minimum atomic E-state index is -3.91. The number of amides is 1. The van der Waals surface area contributed by atoms with Gasteiger partial charge in [-0.3, -0.25) is 4.79 Å². The highest BCUT2D eigenvalue weighted by Gasteiger charge is 2.27. The second-order valence-corrected chi connectivity index (χ2v) is 7.31. The predicted molar refractivity (Wildman–Crippen MR) is 77.2 cm³/mol. The number of halogens is 1. The zero-order chi connectivity index (χ0) is 15.1. The van der Waals surface area contributed by atoms with Gasteiger partial charge in [0.2, 0.25) is 10.0 Å². The highest BCUT2D eigenvalue weighted by atomic mass is 35.5. The molecule has 1 aromatic carbocycles. The SMILES string of the molecule is Cc1c(Cl)cc(C(=O)NC2CC(C)C2)cc1S(N)(=O)=O. The number of nitrogens with two attached hydrogens (primary N) is 1. The molecule has 1 aromatic rings. The van der Waals surface area contributed by atoms with Crippen LogP contribution in [-0.4, -0.2) is 20.4 Å². The first-order valence-electron chi connectivity index (χ1n) is 6.32. The summed E-state index contributed by atoms with van der Waals surface area (Å²) in [5, 5.41) is 8.20. The third-order valence-electron chi connectivity index (χ3n) is 3.57. The first-order valence-corrected chi connectivity index (χ1v) is 8.24. The summed E-state index contributed by atoms with van der Waals surface area (Å²) in [4.78, 5) is 12.0. The van der Waals surface area contributed by atoms with Gasteiger partial charge in [0.05, 0.1) is 4.90 Å². The van der Waals surface area contributed by atoms with Gasteiger partial charge in [0.15, 0.2) is 0 Å². The molecule has 0 heterocycles. The van der Waals surface area contributed by atoms with Gasteiger partial charge < -0.3 is 5.32 Å². The molecule has 0 aromatic heterocycles. The van der Waals surface area contributed by atoms with E-state index >= 15 is 0 Å². The highest BCUT2D eigenvalue weighted by molar-refractivity contribution is 7.89. The molecule has 1 aliphatic carbocycles. The molecule has 20 heavy (non-hydrogen) atoms. The van der Waals surface area contributed by atoms with Crippen molar-refractivity contribution in [2.45, 2.75) is 37.6 Å². The number of carbonyl (C=O) groups is 1. The number of rotatable bonds is 3. The van der Waals surface area contributed by atoms with Gasteiger partial charge in [0, 0.05) is 16.6 Å².